The summed E-state index contributed by atoms with van der Waals surface area (Å²) in [4.78, 5) is 28.9. The average molecular weight is 413 g/mol. The summed E-state index contributed by atoms with van der Waals surface area (Å²) in [7, 11) is 0. The molecule has 1 heterocycles. The first-order valence-electron chi connectivity index (χ1n) is 11.0. The lowest BCUT2D eigenvalue weighted by Gasteiger charge is -2.34. The molecular weight excluding hydrogens is 384 g/mol. The Kier molecular flexibility index (Phi) is 6.78. The van der Waals surface area contributed by atoms with E-state index in [0.29, 0.717) is 32.6 Å². The molecule has 0 radical (unpaired) electrons. The predicted molar refractivity (Wildman–Crippen MR) is 126 cm³/mol. The minimum Gasteiger partial charge on any atom is -0.339 e. The van der Waals surface area contributed by atoms with Gasteiger partial charge < -0.3 is 9.80 Å². The van der Waals surface area contributed by atoms with Gasteiger partial charge in [-0.2, -0.15) is 0 Å². The highest BCUT2D eigenvalue weighted by Crippen LogP contribution is 2.19. The number of rotatable bonds is 6. The van der Waals surface area contributed by atoms with E-state index >= 15 is 0 Å². The van der Waals surface area contributed by atoms with E-state index in [1.165, 1.54) is 5.56 Å². The Morgan fingerprint density at radius 1 is 0.774 bits per heavy atom. The van der Waals surface area contributed by atoms with E-state index in [1.54, 1.807) is 6.08 Å². The van der Waals surface area contributed by atoms with Gasteiger partial charge in [0.15, 0.2) is 0 Å². The van der Waals surface area contributed by atoms with Crippen LogP contribution in [0.2, 0.25) is 0 Å². The second-order valence-corrected chi connectivity index (χ2v) is 7.95. The largest absolute Gasteiger partial charge is 0.339 e. The Morgan fingerprint density at radius 3 is 2.26 bits per heavy atom. The van der Waals surface area contributed by atoms with E-state index in [-0.39, 0.29) is 11.8 Å². The van der Waals surface area contributed by atoms with Crippen molar-refractivity contribution in [2.45, 2.75) is 19.3 Å². The Labute approximate surface area is 183 Å². The molecule has 4 rings (SSSR count). The molecule has 4 nitrogen and oxygen atoms in total. The van der Waals surface area contributed by atoms with Gasteiger partial charge in [-0.05, 0) is 40.8 Å². The monoisotopic (exact) mass is 412 g/mol. The number of amides is 2. The van der Waals surface area contributed by atoms with Crippen molar-refractivity contribution in [1.29, 1.82) is 0 Å². The Bertz CT molecular complexity index is 1060. The van der Waals surface area contributed by atoms with Gasteiger partial charge in [0.2, 0.25) is 11.8 Å². The standard InChI is InChI=1S/C27H28N2O2/c30-26(15-6-10-22-8-2-1-3-9-22)28-18-20-29(21-19-28)27(31)17-16-24-13-7-12-23-11-4-5-14-25(23)24/h1-5,7-9,11-14,16-17H,6,10,15,18-21H2/b17-16+. The fraction of sp³-hybridized carbons (Fsp3) is 0.259. The number of benzene rings is 3. The van der Waals surface area contributed by atoms with Crippen LogP contribution in [0.25, 0.3) is 16.8 Å². The molecule has 31 heavy (non-hydrogen) atoms. The SMILES string of the molecule is O=C(/C=C/c1cccc2ccccc12)N1CCN(C(=O)CCCc2ccccc2)CC1. The highest BCUT2D eigenvalue weighted by Gasteiger charge is 2.22. The van der Waals surface area contributed by atoms with Crippen LogP contribution in [-0.4, -0.2) is 47.8 Å². The minimum absolute atomic E-state index is 0.00381. The second-order valence-electron chi connectivity index (χ2n) is 7.95. The zero-order valence-electron chi connectivity index (χ0n) is 17.7. The van der Waals surface area contributed by atoms with Gasteiger partial charge >= 0.3 is 0 Å². The van der Waals surface area contributed by atoms with Gasteiger partial charge in [0.05, 0.1) is 0 Å². The average Bonchev–Trinajstić information content (AvgIpc) is 2.83. The summed E-state index contributed by atoms with van der Waals surface area (Å²) in [5.74, 6) is 0.193. The van der Waals surface area contributed by atoms with Crippen molar-refractivity contribution in [2.24, 2.45) is 0 Å². The molecule has 1 aliphatic rings. The minimum atomic E-state index is 0.00381. The van der Waals surface area contributed by atoms with Crippen LogP contribution < -0.4 is 0 Å². The van der Waals surface area contributed by atoms with Gasteiger partial charge in [0.25, 0.3) is 0 Å². The van der Waals surface area contributed by atoms with Crippen LogP contribution in [0.4, 0.5) is 0 Å². The summed E-state index contributed by atoms with van der Waals surface area (Å²) < 4.78 is 0. The molecule has 0 saturated carbocycles. The van der Waals surface area contributed by atoms with E-state index in [2.05, 4.69) is 30.3 Å². The van der Waals surface area contributed by atoms with E-state index in [9.17, 15) is 9.59 Å². The topological polar surface area (TPSA) is 40.6 Å². The molecule has 0 aromatic heterocycles. The van der Waals surface area contributed by atoms with E-state index in [0.717, 1.165) is 29.2 Å². The number of fused-ring (bicyclic) bond motifs is 1. The van der Waals surface area contributed by atoms with Crippen molar-refractivity contribution in [2.75, 3.05) is 26.2 Å². The molecule has 0 aliphatic carbocycles. The van der Waals surface area contributed by atoms with E-state index in [1.807, 2.05) is 58.3 Å². The van der Waals surface area contributed by atoms with Gasteiger partial charge in [-0.1, -0.05) is 72.8 Å². The van der Waals surface area contributed by atoms with Crippen molar-refractivity contribution in [3.05, 3.63) is 90.0 Å². The summed E-state index contributed by atoms with van der Waals surface area (Å²) in [6, 6.07) is 24.5. The van der Waals surface area contributed by atoms with E-state index in [4.69, 9.17) is 0 Å². The maximum atomic E-state index is 12.6. The first kappa shape index (κ1) is 20.9. The van der Waals surface area contributed by atoms with Crippen LogP contribution in [0.15, 0.2) is 78.9 Å². The highest BCUT2D eigenvalue weighted by atomic mass is 16.2. The molecule has 158 valence electrons. The number of piperazine rings is 1. The zero-order valence-corrected chi connectivity index (χ0v) is 17.7. The maximum Gasteiger partial charge on any atom is 0.246 e. The third kappa shape index (κ3) is 5.40. The molecule has 0 spiro atoms. The van der Waals surface area contributed by atoms with Gasteiger partial charge in [0.1, 0.15) is 0 Å². The van der Waals surface area contributed by atoms with Crippen LogP contribution in [0.3, 0.4) is 0 Å². The highest BCUT2D eigenvalue weighted by molar-refractivity contribution is 5.96. The molecule has 1 saturated heterocycles. The second kappa shape index (κ2) is 10.1. The summed E-state index contributed by atoms with van der Waals surface area (Å²) in [5, 5.41) is 2.30. The van der Waals surface area contributed by atoms with E-state index < -0.39 is 0 Å². The lowest BCUT2D eigenvalue weighted by atomic mass is 10.0. The molecule has 0 atom stereocenters. The number of aryl methyl sites for hydroxylation is 1. The quantitative estimate of drug-likeness (QED) is 0.558. The molecule has 2 amide bonds. The zero-order chi connectivity index (χ0) is 21.5. The van der Waals surface area contributed by atoms with Crippen LogP contribution in [-0.2, 0) is 16.0 Å². The summed E-state index contributed by atoms with van der Waals surface area (Å²) in [6.07, 6.45) is 5.88. The number of hydrogen-bond donors (Lipinski definition) is 0. The third-order valence-electron chi connectivity index (χ3n) is 5.87. The smallest absolute Gasteiger partial charge is 0.246 e. The fourth-order valence-electron chi connectivity index (χ4n) is 4.09. The first-order valence-corrected chi connectivity index (χ1v) is 11.0. The Morgan fingerprint density at radius 2 is 1.45 bits per heavy atom. The van der Waals surface area contributed by atoms with Crippen LogP contribution >= 0.6 is 0 Å². The third-order valence-corrected chi connectivity index (χ3v) is 5.87. The number of carbonyl (C=O) groups is 2. The van der Waals surface area contributed by atoms with Crippen molar-refractivity contribution in [3.8, 4) is 0 Å². The molecule has 0 N–H and O–H groups in total. The predicted octanol–water partition coefficient (Wildman–Crippen LogP) is 4.55. The first-order chi connectivity index (χ1) is 15.2. The normalized spacial score (nSPS) is 14.3. The molecular formula is C27H28N2O2. The van der Waals surface area contributed by atoms with Crippen LogP contribution in [0.1, 0.15) is 24.0 Å². The lowest BCUT2D eigenvalue weighted by Crippen LogP contribution is -2.50. The summed E-state index contributed by atoms with van der Waals surface area (Å²) >= 11 is 0. The van der Waals surface area contributed by atoms with Crippen molar-refractivity contribution in [3.63, 3.8) is 0 Å². The Balaban J connectivity index is 1.25. The van der Waals surface area contributed by atoms with Crippen LogP contribution in [0.5, 0.6) is 0 Å². The van der Waals surface area contributed by atoms with Crippen molar-refractivity contribution >= 4 is 28.7 Å². The number of hydrogen-bond acceptors (Lipinski definition) is 2. The molecule has 0 bridgehead atoms. The summed E-state index contributed by atoms with van der Waals surface area (Å²) in [5.41, 5.74) is 2.31. The van der Waals surface area contributed by atoms with Gasteiger partial charge in [-0.3, -0.25) is 9.59 Å². The maximum absolute atomic E-state index is 12.6. The Hall–Kier alpha value is -3.40. The lowest BCUT2D eigenvalue weighted by molar-refractivity contribution is -0.137. The molecule has 0 unspecified atom stereocenters. The van der Waals surface area contributed by atoms with Gasteiger partial charge in [-0.25, -0.2) is 0 Å². The fourth-order valence-corrected chi connectivity index (χ4v) is 4.09. The number of carbonyl (C=O) groups excluding carboxylic acids is 2. The molecule has 3 aromatic rings. The van der Waals surface area contributed by atoms with Crippen LogP contribution in [0, 0.1) is 0 Å². The molecule has 1 aliphatic heterocycles. The van der Waals surface area contributed by atoms with Crippen molar-refractivity contribution < 1.29 is 9.59 Å². The van der Waals surface area contributed by atoms with Gasteiger partial charge in [-0.15, -0.1) is 0 Å². The summed E-state index contributed by atoms with van der Waals surface area (Å²) in [6.45, 7) is 2.39. The molecule has 4 heteroatoms. The molecule has 3 aromatic carbocycles. The van der Waals surface area contributed by atoms with Gasteiger partial charge in [0, 0.05) is 38.7 Å². The molecule has 1 fully saturated rings. The number of nitrogens with zero attached hydrogens (tertiary/aromatic N) is 2. The van der Waals surface area contributed by atoms with Crippen molar-refractivity contribution in [1.82, 2.24) is 9.80 Å².